The number of ether oxygens (including phenoxy) is 1. The van der Waals surface area contributed by atoms with Crippen molar-refractivity contribution in [2.75, 3.05) is 13.2 Å². The lowest BCUT2D eigenvalue weighted by atomic mass is 10.1. The summed E-state index contributed by atoms with van der Waals surface area (Å²) in [5, 5.41) is 12.1. The van der Waals surface area contributed by atoms with Crippen LogP contribution in [0.15, 0.2) is 18.2 Å². The Morgan fingerprint density at radius 1 is 1.63 bits per heavy atom. The number of benzene rings is 1. The van der Waals surface area contributed by atoms with Crippen LogP contribution in [0.2, 0.25) is 5.02 Å². The van der Waals surface area contributed by atoms with Crippen LogP contribution in [0.1, 0.15) is 24.4 Å². The second-order valence-corrected chi connectivity index (χ2v) is 4.86. The summed E-state index contributed by atoms with van der Waals surface area (Å²) >= 11 is 5.89. The van der Waals surface area contributed by atoms with E-state index >= 15 is 0 Å². The molecule has 1 aromatic carbocycles. The molecule has 2 atom stereocenters. The van der Waals surface area contributed by atoms with E-state index < -0.39 is 17.8 Å². The van der Waals surface area contributed by atoms with Crippen LogP contribution < -0.4 is 5.32 Å². The molecule has 4 nitrogen and oxygen atoms in total. The monoisotopic (exact) mass is 287 g/mol. The Morgan fingerprint density at radius 3 is 3.00 bits per heavy atom. The van der Waals surface area contributed by atoms with Gasteiger partial charge in [-0.25, -0.2) is 4.39 Å². The first kappa shape index (κ1) is 14.2. The molecule has 1 aromatic rings. The van der Waals surface area contributed by atoms with E-state index in [-0.39, 0.29) is 16.7 Å². The largest absolute Gasteiger partial charge is 0.480 e. The number of nitrogens with one attached hydrogen (secondary N) is 1. The summed E-state index contributed by atoms with van der Waals surface area (Å²) in [4.78, 5) is 11.3. The standard InChI is InChI=1S/C13H15ClFNO3/c14-9-4-1-5-10(15)11(9)12(13(17)18)16-7-8-3-2-6-19-8/h1,4-5,8,12,16H,2-3,6-7H2,(H,17,18). The Morgan fingerprint density at radius 2 is 2.42 bits per heavy atom. The molecule has 2 N–H and O–H groups in total. The smallest absolute Gasteiger partial charge is 0.325 e. The van der Waals surface area contributed by atoms with E-state index in [2.05, 4.69) is 5.32 Å². The molecule has 0 aliphatic carbocycles. The van der Waals surface area contributed by atoms with Gasteiger partial charge in [0.15, 0.2) is 0 Å². The third kappa shape index (κ3) is 3.43. The highest BCUT2D eigenvalue weighted by Crippen LogP contribution is 2.26. The van der Waals surface area contributed by atoms with Crippen molar-refractivity contribution in [3.8, 4) is 0 Å². The maximum Gasteiger partial charge on any atom is 0.325 e. The average Bonchev–Trinajstić information content (AvgIpc) is 2.85. The number of halogens is 2. The summed E-state index contributed by atoms with van der Waals surface area (Å²) in [6.07, 6.45) is 1.82. The molecule has 1 aliphatic heterocycles. The van der Waals surface area contributed by atoms with Crippen LogP contribution in [0.4, 0.5) is 4.39 Å². The second-order valence-electron chi connectivity index (χ2n) is 4.45. The molecule has 2 unspecified atom stereocenters. The van der Waals surface area contributed by atoms with Gasteiger partial charge in [-0.05, 0) is 25.0 Å². The Balaban J connectivity index is 2.13. The molecular formula is C13H15ClFNO3. The van der Waals surface area contributed by atoms with Crippen LogP contribution in [0.3, 0.4) is 0 Å². The Kier molecular flexibility index (Phi) is 4.74. The van der Waals surface area contributed by atoms with Crippen molar-refractivity contribution >= 4 is 17.6 Å². The number of hydrogen-bond acceptors (Lipinski definition) is 3. The van der Waals surface area contributed by atoms with Crippen LogP contribution >= 0.6 is 11.6 Å². The normalized spacial score (nSPS) is 20.4. The molecule has 1 heterocycles. The zero-order valence-electron chi connectivity index (χ0n) is 10.2. The predicted octanol–water partition coefficient (Wildman–Crippen LogP) is 2.37. The number of carboxylic acid groups (broad SMARTS) is 1. The van der Waals surface area contributed by atoms with Gasteiger partial charge in [0.1, 0.15) is 11.9 Å². The van der Waals surface area contributed by atoms with Gasteiger partial charge in [-0.15, -0.1) is 0 Å². The van der Waals surface area contributed by atoms with Crippen molar-refractivity contribution in [3.05, 3.63) is 34.6 Å². The summed E-state index contributed by atoms with van der Waals surface area (Å²) in [6.45, 7) is 1.05. The first-order valence-electron chi connectivity index (χ1n) is 6.11. The lowest BCUT2D eigenvalue weighted by molar-refractivity contribution is -0.139. The highest BCUT2D eigenvalue weighted by atomic mass is 35.5. The zero-order chi connectivity index (χ0) is 13.8. The maximum atomic E-state index is 13.7. The fourth-order valence-corrected chi connectivity index (χ4v) is 2.43. The third-order valence-corrected chi connectivity index (χ3v) is 3.44. The summed E-state index contributed by atoms with van der Waals surface area (Å²) in [7, 11) is 0. The Labute approximate surface area is 115 Å². The van der Waals surface area contributed by atoms with E-state index in [1.807, 2.05) is 0 Å². The maximum absolute atomic E-state index is 13.7. The summed E-state index contributed by atoms with van der Waals surface area (Å²) in [5.41, 5.74) is -0.0327. The van der Waals surface area contributed by atoms with Crippen LogP contribution in [0, 0.1) is 5.82 Å². The van der Waals surface area contributed by atoms with Crippen molar-refractivity contribution in [1.82, 2.24) is 5.32 Å². The molecule has 104 valence electrons. The van der Waals surface area contributed by atoms with Crippen molar-refractivity contribution in [3.63, 3.8) is 0 Å². The Bertz CT molecular complexity index is 443. The third-order valence-electron chi connectivity index (χ3n) is 3.11. The first-order chi connectivity index (χ1) is 9.09. The minimum atomic E-state index is -1.17. The molecule has 6 heteroatoms. The highest BCUT2D eigenvalue weighted by Gasteiger charge is 2.27. The fraction of sp³-hybridized carbons (Fsp3) is 0.462. The molecule has 1 saturated heterocycles. The minimum absolute atomic E-state index is 0.0209. The molecule has 1 aliphatic rings. The average molecular weight is 288 g/mol. The molecule has 0 saturated carbocycles. The highest BCUT2D eigenvalue weighted by molar-refractivity contribution is 6.31. The molecule has 0 bridgehead atoms. The molecule has 0 spiro atoms. The number of carboxylic acids is 1. The molecule has 2 rings (SSSR count). The first-order valence-corrected chi connectivity index (χ1v) is 6.49. The lowest BCUT2D eigenvalue weighted by Gasteiger charge is -2.19. The number of hydrogen-bond donors (Lipinski definition) is 2. The van der Waals surface area contributed by atoms with E-state index in [0.717, 1.165) is 12.8 Å². The van der Waals surface area contributed by atoms with Gasteiger partial charge in [-0.3, -0.25) is 10.1 Å². The van der Waals surface area contributed by atoms with Gasteiger partial charge in [0.05, 0.1) is 6.10 Å². The van der Waals surface area contributed by atoms with Crippen molar-refractivity contribution < 1.29 is 19.0 Å². The van der Waals surface area contributed by atoms with Gasteiger partial charge in [0.25, 0.3) is 0 Å². The van der Waals surface area contributed by atoms with Crippen molar-refractivity contribution in [1.29, 1.82) is 0 Å². The summed E-state index contributed by atoms with van der Waals surface area (Å²) < 4.78 is 19.1. The Hall–Kier alpha value is -1.17. The predicted molar refractivity (Wildman–Crippen MR) is 68.8 cm³/mol. The van der Waals surface area contributed by atoms with E-state index in [1.54, 1.807) is 0 Å². The number of rotatable bonds is 5. The topological polar surface area (TPSA) is 58.6 Å². The number of carbonyl (C=O) groups is 1. The van der Waals surface area contributed by atoms with Crippen LogP contribution in [-0.4, -0.2) is 30.3 Å². The van der Waals surface area contributed by atoms with Crippen molar-refractivity contribution in [2.45, 2.75) is 25.0 Å². The van der Waals surface area contributed by atoms with Crippen LogP contribution in [-0.2, 0) is 9.53 Å². The quantitative estimate of drug-likeness (QED) is 0.873. The van der Waals surface area contributed by atoms with E-state index in [0.29, 0.717) is 13.2 Å². The lowest BCUT2D eigenvalue weighted by Crippen LogP contribution is -2.35. The van der Waals surface area contributed by atoms with Gasteiger partial charge in [-0.2, -0.15) is 0 Å². The molecule has 0 aromatic heterocycles. The molecular weight excluding hydrogens is 273 g/mol. The number of aliphatic carboxylic acids is 1. The van der Waals surface area contributed by atoms with E-state index in [4.69, 9.17) is 16.3 Å². The van der Waals surface area contributed by atoms with Gasteiger partial charge in [0.2, 0.25) is 0 Å². The van der Waals surface area contributed by atoms with E-state index in [9.17, 15) is 14.3 Å². The summed E-state index contributed by atoms with van der Waals surface area (Å²) in [5.74, 6) is -1.79. The molecule has 0 amide bonds. The van der Waals surface area contributed by atoms with Crippen LogP contribution in [0.5, 0.6) is 0 Å². The minimum Gasteiger partial charge on any atom is -0.480 e. The fourth-order valence-electron chi connectivity index (χ4n) is 2.15. The molecule has 0 radical (unpaired) electrons. The summed E-state index contributed by atoms with van der Waals surface area (Å²) in [6, 6.07) is 2.95. The van der Waals surface area contributed by atoms with Crippen molar-refractivity contribution in [2.24, 2.45) is 0 Å². The molecule has 1 fully saturated rings. The van der Waals surface area contributed by atoms with Gasteiger partial charge >= 0.3 is 5.97 Å². The SMILES string of the molecule is O=C(O)C(NCC1CCCO1)c1c(F)cccc1Cl. The van der Waals surface area contributed by atoms with Crippen LogP contribution in [0.25, 0.3) is 0 Å². The van der Waals surface area contributed by atoms with E-state index in [1.165, 1.54) is 18.2 Å². The second kappa shape index (κ2) is 6.32. The van der Waals surface area contributed by atoms with Gasteiger partial charge in [0, 0.05) is 23.7 Å². The van der Waals surface area contributed by atoms with Gasteiger partial charge in [-0.1, -0.05) is 17.7 Å². The van der Waals surface area contributed by atoms with Gasteiger partial charge < -0.3 is 9.84 Å². The molecule has 19 heavy (non-hydrogen) atoms. The zero-order valence-corrected chi connectivity index (χ0v) is 11.0.